The molecule has 0 saturated carbocycles. The summed E-state index contributed by atoms with van der Waals surface area (Å²) in [4.78, 5) is 35.9. The molecule has 4 rings (SSSR count). The second-order valence-corrected chi connectivity index (χ2v) is 6.67. The quantitative estimate of drug-likeness (QED) is 0.530. The number of hydrogen-bond acceptors (Lipinski definition) is 7. The van der Waals surface area contributed by atoms with E-state index in [9.17, 15) is 9.59 Å². The number of H-pyrrole nitrogens is 1. The number of carbonyl (C=O) groups is 1. The Morgan fingerprint density at radius 1 is 1.18 bits per heavy atom. The van der Waals surface area contributed by atoms with Crippen LogP contribution in [-0.2, 0) is 0 Å². The first-order chi connectivity index (χ1) is 13.5. The molecule has 0 unspecified atom stereocenters. The molecule has 3 heterocycles. The van der Waals surface area contributed by atoms with Crippen LogP contribution in [0.2, 0.25) is 0 Å². The van der Waals surface area contributed by atoms with E-state index in [1.165, 1.54) is 30.1 Å². The standard InChI is InChI=1S/C18H15N5O4S/c1-26-10-6-5-9(8-11(10)27-2)16-20-13(15(19)24)14-17(22-16)23(18(25)21-14)12-4-3-7-28-12/h3-8H,1-2H3,(H2,19,24)(H,21,25). The van der Waals surface area contributed by atoms with E-state index < -0.39 is 11.6 Å². The Bertz CT molecular complexity index is 1240. The first kappa shape index (κ1) is 17.7. The minimum Gasteiger partial charge on any atom is -0.493 e. The van der Waals surface area contributed by atoms with Gasteiger partial charge in [0.05, 0.1) is 14.2 Å². The lowest BCUT2D eigenvalue weighted by Crippen LogP contribution is -2.15. The number of fused-ring (bicyclic) bond motifs is 1. The van der Waals surface area contributed by atoms with Crippen molar-refractivity contribution in [2.24, 2.45) is 5.73 Å². The van der Waals surface area contributed by atoms with Gasteiger partial charge in [0.15, 0.2) is 28.7 Å². The van der Waals surface area contributed by atoms with Gasteiger partial charge in [0, 0.05) is 5.56 Å². The zero-order chi connectivity index (χ0) is 19.8. The summed E-state index contributed by atoms with van der Waals surface area (Å²) >= 11 is 1.37. The molecule has 1 amide bonds. The summed E-state index contributed by atoms with van der Waals surface area (Å²) < 4.78 is 11.9. The van der Waals surface area contributed by atoms with Crippen LogP contribution < -0.4 is 20.9 Å². The smallest absolute Gasteiger partial charge is 0.333 e. The van der Waals surface area contributed by atoms with E-state index in [2.05, 4.69) is 15.0 Å². The molecule has 0 aliphatic carbocycles. The fourth-order valence-corrected chi connectivity index (χ4v) is 3.60. The van der Waals surface area contributed by atoms with Gasteiger partial charge in [-0.1, -0.05) is 0 Å². The number of amides is 1. The molecule has 3 aromatic heterocycles. The SMILES string of the molecule is COc1ccc(-c2nc(C(N)=O)c3[nH]c(=O)n(-c4cccs4)c3n2)cc1OC. The number of benzene rings is 1. The van der Waals surface area contributed by atoms with Crippen molar-refractivity contribution in [3.05, 3.63) is 51.9 Å². The maximum Gasteiger partial charge on any atom is 0.333 e. The number of carbonyl (C=O) groups excluding carboxylic acids is 1. The monoisotopic (exact) mass is 397 g/mol. The summed E-state index contributed by atoms with van der Waals surface area (Å²) in [5, 5.41) is 2.50. The summed E-state index contributed by atoms with van der Waals surface area (Å²) in [6.45, 7) is 0. The Balaban J connectivity index is 2.02. The minimum absolute atomic E-state index is 0.0674. The van der Waals surface area contributed by atoms with Crippen LogP contribution in [0.15, 0.2) is 40.5 Å². The normalized spacial score (nSPS) is 10.9. The Morgan fingerprint density at radius 3 is 2.61 bits per heavy atom. The largest absolute Gasteiger partial charge is 0.493 e. The van der Waals surface area contributed by atoms with E-state index in [1.807, 2.05) is 11.4 Å². The van der Waals surface area contributed by atoms with Gasteiger partial charge in [-0.3, -0.25) is 4.79 Å². The fourth-order valence-electron chi connectivity index (χ4n) is 2.87. The van der Waals surface area contributed by atoms with E-state index in [0.29, 0.717) is 22.1 Å². The number of thiophene rings is 1. The molecule has 9 nitrogen and oxygen atoms in total. The van der Waals surface area contributed by atoms with E-state index in [4.69, 9.17) is 15.2 Å². The molecule has 0 fully saturated rings. The van der Waals surface area contributed by atoms with Crippen LogP contribution in [0.25, 0.3) is 27.6 Å². The third-order valence-electron chi connectivity index (χ3n) is 4.14. The molecule has 0 atom stereocenters. The molecule has 0 radical (unpaired) electrons. The molecule has 142 valence electrons. The number of methoxy groups -OCH3 is 2. The average molecular weight is 397 g/mol. The third kappa shape index (κ3) is 2.79. The number of rotatable bonds is 5. The minimum atomic E-state index is -0.770. The lowest BCUT2D eigenvalue weighted by molar-refractivity contribution is 0.0997. The lowest BCUT2D eigenvalue weighted by atomic mass is 10.1. The van der Waals surface area contributed by atoms with Gasteiger partial charge in [0.25, 0.3) is 5.91 Å². The summed E-state index contributed by atoms with van der Waals surface area (Å²) in [6.07, 6.45) is 0. The summed E-state index contributed by atoms with van der Waals surface area (Å²) in [5.74, 6) is 0.480. The van der Waals surface area contributed by atoms with Gasteiger partial charge in [-0.2, -0.15) is 0 Å². The Kier molecular flexibility index (Phi) is 4.32. The molecule has 0 aliphatic rings. The number of nitrogens with zero attached hydrogens (tertiary/aromatic N) is 3. The molecule has 0 aliphatic heterocycles. The highest BCUT2D eigenvalue weighted by Crippen LogP contribution is 2.32. The van der Waals surface area contributed by atoms with Crippen molar-refractivity contribution in [3.63, 3.8) is 0 Å². The maximum atomic E-state index is 12.5. The molecule has 10 heteroatoms. The lowest BCUT2D eigenvalue weighted by Gasteiger charge is -2.10. The maximum absolute atomic E-state index is 12.5. The van der Waals surface area contributed by atoms with Gasteiger partial charge in [-0.05, 0) is 35.7 Å². The first-order valence-electron chi connectivity index (χ1n) is 8.12. The van der Waals surface area contributed by atoms with Gasteiger partial charge in [-0.15, -0.1) is 11.3 Å². The Labute approximate surface area is 162 Å². The van der Waals surface area contributed by atoms with Crippen LogP contribution in [0.4, 0.5) is 0 Å². The molecular weight excluding hydrogens is 382 g/mol. The second kappa shape index (κ2) is 6.82. The summed E-state index contributed by atoms with van der Waals surface area (Å²) in [6, 6.07) is 8.71. The molecule has 1 aromatic carbocycles. The second-order valence-electron chi connectivity index (χ2n) is 5.75. The van der Waals surface area contributed by atoms with Crippen molar-refractivity contribution in [1.82, 2.24) is 19.5 Å². The summed E-state index contributed by atoms with van der Waals surface area (Å²) in [5.41, 5.74) is 6.04. The highest BCUT2D eigenvalue weighted by Gasteiger charge is 2.21. The zero-order valence-electron chi connectivity index (χ0n) is 14.9. The zero-order valence-corrected chi connectivity index (χ0v) is 15.7. The van der Waals surface area contributed by atoms with Crippen molar-refractivity contribution in [1.29, 1.82) is 0 Å². The highest BCUT2D eigenvalue weighted by atomic mass is 32.1. The van der Waals surface area contributed by atoms with Gasteiger partial charge < -0.3 is 20.2 Å². The molecule has 0 spiro atoms. The molecule has 0 bridgehead atoms. The predicted molar refractivity (Wildman–Crippen MR) is 104 cm³/mol. The predicted octanol–water partition coefficient (Wildman–Crippen LogP) is 1.95. The number of hydrogen-bond donors (Lipinski definition) is 2. The molecular formula is C18H15N5O4S. The number of imidazole rings is 1. The number of aromatic amines is 1. The van der Waals surface area contributed by atoms with E-state index in [1.54, 1.807) is 24.3 Å². The van der Waals surface area contributed by atoms with Gasteiger partial charge in [0.1, 0.15) is 10.5 Å². The number of nitrogens with two attached hydrogens (primary N) is 1. The van der Waals surface area contributed by atoms with Crippen molar-refractivity contribution in [2.75, 3.05) is 14.2 Å². The number of aromatic nitrogens is 4. The number of nitrogens with one attached hydrogen (secondary N) is 1. The molecule has 28 heavy (non-hydrogen) atoms. The molecule has 3 N–H and O–H groups in total. The van der Waals surface area contributed by atoms with Crippen LogP contribution in [0.3, 0.4) is 0 Å². The van der Waals surface area contributed by atoms with Crippen molar-refractivity contribution in [2.45, 2.75) is 0 Å². The average Bonchev–Trinajstić information content (AvgIpc) is 3.32. The van der Waals surface area contributed by atoms with Gasteiger partial charge in [-0.25, -0.2) is 19.3 Å². The van der Waals surface area contributed by atoms with Crippen molar-refractivity contribution < 1.29 is 14.3 Å². The third-order valence-corrected chi connectivity index (χ3v) is 4.99. The van der Waals surface area contributed by atoms with E-state index >= 15 is 0 Å². The van der Waals surface area contributed by atoms with Crippen molar-refractivity contribution in [3.8, 4) is 27.9 Å². The first-order valence-corrected chi connectivity index (χ1v) is 9.00. The topological polar surface area (TPSA) is 125 Å². The number of ether oxygens (including phenoxy) is 2. The van der Waals surface area contributed by atoms with Crippen LogP contribution in [0.1, 0.15) is 10.5 Å². The van der Waals surface area contributed by atoms with Crippen LogP contribution in [-0.4, -0.2) is 39.6 Å². The highest BCUT2D eigenvalue weighted by molar-refractivity contribution is 7.12. The fraction of sp³-hybridized carbons (Fsp3) is 0.111. The molecule has 0 saturated heterocycles. The van der Waals surface area contributed by atoms with Crippen LogP contribution >= 0.6 is 11.3 Å². The van der Waals surface area contributed by atoms with Crippen LogP contribution in [0.5, 0.6) is 11.5 Å². The van der Waals surface area contributed by atoms with E-state index in [0.717, 1.165) is 0 Å². The molecule has 4 aromatic rings. The van der Waals surface area contributed by atoms with Gasteiger partial charge in [0.2, 0.25) is 0 Å². The van der Waals surface area contributed by atoms with E-state index in [-0.39, 0.29) is 22.7 Å². The number of primary amides is 1. The Hall–Kier alpha value is -3.66. The Morgan fingerprint density at radius 2 is 1.96 bits per heavy atom. The van der Waals surface area contributed by atoms with Crippen LogP contribution in [0, 0.1) is 0 Å². The van der Waals surface area contributed by atoms with Crippen molar-refractivity contribution >= 4 is 28.4 Å². The van der Waals surface area contributed by atoms with Gasteiger partial charge >= 0.3 is 5.69 Å². The summed E-state index contributed by atoms with van der Waals surface area (Å²) in [7, 11) is 3.05.